The molecular weight excluding hydrogens is 296 g/mol. The zero-order chi connectivity index (χ0) is 12.5. The van der Waals surface area contributed by atoms with Crippen LogP contribution in [-0.4, -0.2) is 11.1 Å². The summed E-state index contributed by atoms with van der Waals surface area (Å²) in [7, 11) is 0. The minimum Gasteiger partial charge on any atom is -0.481 e. The fourth-order valence-electron chi connectivity index (χ4n) is 1.18. The SMILES string of the molecule is O=C(O)Cc1c(C(F)(F)F)ccc(F)c1Br. The average molecular weight is 301 g/mol. The summed E-state index contributed by atoms with van der Waals surface area (Å²) in [5.74, 6) is -2.39. The first-order valence-electron chi connectivity index (χ1n) is 3.99. The van der Waals surface area contributed by atoms with Crippen molar-refractivity contribution in [3.8, 4) is 0 Å². The van der Waals surface area contributed by atoms with Gasteiger partial charge in [0.25, 0.3) is 0 Å². The molecule has 0 bridgehead atoms. The molecular formula is C9H5BrF4O2. The van der Waals surface area contributed by atoms with E-state index >= 15 is 0 Å². The van der Waals surface area contributed by atoms with Crippen molar-refractivity contribution in [1.82, 2.24) is 0 Å². The van der Waals surface area contributed by atoms with E-state index in [2.05, 4.69) is 15.9 Å². The Labute approximate surface area is 96.0 Å². The van der Waals surface area contributed by atoms with Crippen LogP contribution in [0, 0.1) is 5.82 Å². The lowest BCUT2D eigenvalue weighted by Gasteiger charge is -2.13. The summed E-state index contributed by atoms with van der Waals surface area (Å²) in [4.78, 5) is 10.4. The van der Waals surface area contributed by atoms with Crippen LogP contribution in [0.1, 0.15) is 11.1 Å². The van der Waals surface area contributed by atoms with E-state index in [1.807, 2.05) is 0 Å². The second kappa shape index (κ2) is 4.40. The molecule has 1 aromatic carbocycles. The highest BCUT2D eigenvalue weighted by Crippen LogP contribution is 2.36. The van der Waals surface area contributed by atoms with Crippen LogP contribution in [-0.2, 0) is 17.4 Å². The lowest BCUT2D eigenvalue weighted by molar-refractivity contribution is -0.139. The van der Waals surface area contributed by atoms with Crippen molar-refractivity contribution in [3.63, 3.8) is 0 Å². The number of aliphatic carboxylic acids is 1. The van der Waals surface area contributed by atoms with Crippen LogP contribution in [0.25, 0.3) is 0 Å². The van der Waals surface area contributed by atoms with Crippen LogP contribution in [0.3, 0.4) is 0 Å². The van der Waals surface area contributed by atoms with E-state index in [9.17, 15) is 22.4 Å². The molecule has 7 heteroatoms. The molecule has 0 unspecified atom stereocenters. The van der Waals surface area contributed by atoms with Crippen molar-refractivity contribution in [2.45, 2.75) is 12.6 Å². The van der Waals surface area contributed by atoms with E-state index in [0.29, 0.717) is 12.1 Å². The quantitative estimate of drug-likeness (QED) is 0.852. The van der Waals surface area contributed by atoms with Crippen molar-refractivity contribution < 1.29 is 27.5 Å². The lowest BCUT2D eigenvalue weighted by atomic mass is 10.0. The van der Waals surface area contributed by atoms with Gasteiger partial charge in [0.05, 0.1) is 16.5 Å². The van der Waals surface area contributed by atoms with Gasteiger partial charge in [-0.1, -0.05) is 0 Å². The molecule has 88 valence electrons. The van der Waals surface area contributed by atoms with Crippen LogP contribution >= 0.6 is 15.9 Å². The number of hydrogen-bond acceptors (Lipinski definition) is 1. The number of hydrogen-bond donors (Lipinski definition) is 1. The molecule has 0 aliphatic heterocycles. The highest BCUT2D eigenvalue weighted by atomic mass is 79.9. The van der Waals surface area contributed by atoms with Crippen molar-refractivity contribution in [3.05, 3.63) is 33.5 Å². The number of carbonyl (C=O) groups is 1. The molecule has 0 heterocycles. The Morgan fingerprint density at radius 2 is 1.94 bits per heavy atom. The maximum atomic E-state index is 13.0. The van der Waals surface area contributed by atoms with Gasteiger partial charge >= 0.3 is 12.1 Å². The highest BCUT2D eigenvalue weighted by molar-refractivity contribution is 9.10. The van der Waals surface area contributed by atoms with Gasteiger partial charge in [0.1, 0.15) is 5.82 Å². The molecule has 0 radical (unpaired) electrons. The Hall–Kier alpha value is -1.11. The topological polar surface area (TPSA) is 37.3 Å². The smallest absolute Gasteiger partial charge is 0.416 e. The van der Waals surface area contributed by atoms with Crippen LogP contribution in [0.2, 0.25) is 0 Å². The van der Waals surface area contributed by atoms with Crippen LogP contribution in [0.5, 0.6) is 0 Å². The largest absolute Gasteiger partial charge is 0.481 e. The van der Waals surface area contributed by atoms with Crippen molar-refractivity contribution in [1.29, 1.82) is 0 Å². The number of benzene rings is 1. The van der Waals surface area contributed by atoms with Gasteiger partial charge in [-0.05, 0) is 33.6 Å². The maximum Gasteiger partial charge on any atom is 0.416 e. The van der Waals surface area contributed by atoms with Gasteiger partial charge in [0.2, 0.25) is 0 Å². The second-order valence-electron chi connectivity index (χ2n) is 2.96. The minimum atomic E-state index is -4.71. The van der Waals surface area contributed by atoms with Crippen LogP contribution in [0.15, 0.2) is 16.6 Å². The number of rotatable bonds is 2. The van der Waals surface area contributed by atoms with E-state index in [0.717, 1.165) is 0 Å². The predicted octanol–water partition coefficient (Wildman–Crippen LogP) is 3.23. The normalized spacial score (nSPS) is 11.6. The van der Waals surface area contributed by atoms with E-state index < -0.39 is 40.0 Å². The lowest BCUT2D eigenvalue weighted by Crippen LogP contribution is -2.13. The summed E-state index contributed by atoms with van der Waals surface area (Å²) in [6.07, 6.45) is -5.60. The fourth-order valence-corrected chi connectivity index (χ4v) is 1.67. The number of carboxylic acids is 1. The number of carboxylic acid groups (broad SMARTS) is 1. The third kappa shape index (κ3) is 2.72. The summed E-state index contributed by atoms with van der Waals surface area (Å²) in [6, 6.07) is 1.16. The molecule has 1 N–H and O–H groups in total. The first kappa shape index (κ1) is 13.0. The Bertz CT molecular complexity index is 428. The monoisotopic (exact) mass is 300 g/mol. The van der Waals surface area contributed by atoms with Gasteiger partial charge in [0, 0.05) is 0 Å². The first-order chi connectivity index (χ1) is 7.23. The molecule has 0 aliphatic rings. The van der Waals surface area contributed by atoms with Crippen LogP contribution < -0.4 is 0 Å². The van der Waals surface area contributed by atoms with Gasteiger partial charge in [0.15, 0.2) is 0 Å². The summed E-state index contributed by atoms with van der Waals surface area (Å²) in [6.45, 7) is 0. The van der Waals surface area contributed by atoms with Crippen LogP contribution in [0.4, 0.5) is 17.6 Å². The molecule has 1 aromatic rings. The summed E-state index contributed by atoms with van der Waals surface area (Å²) < 4.78 is 49.9. The average Bonchev–Trinajstić information content (AvgIpc) is 2.10. The van der Waals surface area contributed by atoms with Crippen molar-refractivity contribution in [2.75, 3.05) is 0 Å². The predicted molar refractivity (Wildman–Crippen MR) is 50.4 cm³/mol. The van der Waals surface area contributed by atoms with Gasteiger partial charge in [-0.25, -0.2) is 4.39 Å². The number of alkyl halides is 3. The zero-order valence-electron chi connectivity index (χ0n) is 7.61. The third-order valence-electron chi connectivity index (χ3n) is 1.83. The standard InChI is InChI=1S/C9H5BrF4O2/c10-8-4(3-7(15)16)5(9(12,13)14)1-2-6(8)11/h1-2H,3H2,(H,15,16). The summed E-state index contributed by atoms with van der Waals surface area (Å²) in [5.41, 5.74) is -1.76. The third-order valence-corrected chi connectivity index (χ3v) is 2.69. The fraction of sp³-hybridized carbons (Fsp3) is 0.222. The first-order valence-corrected chi connectivity index (χ1v) is 4.78. The molecule has 0 saturated heterocycles. The molecule has 0 saturated carbocycles. The Morgan fingerprint density at radius 1 is 1.38 bits per heavy atom. The Balaban J connectivity index is 3.39. The van der Waals surface area contributed by atoms with Gasteiger partial charge in [-0.15, -0.1) is 0 Å². The highest BCUT2D eigenvalue weighted by Gasteiger charge is 2.35. The summed E-state index contributed by atoms with van der Waals surface area (Å²) >= 11 is 2.61. The summed E-state index contributed by atoms with van der Waals surface area (Å²) in [5, 5.41) is 8.46. The van der Waals surface area contributed by atoms with E-state index in [-0.39, 0.29) is 0 Å². The minimum absolute atomic E-state index is 0.468. The van der Waals surface area contributed by atoms with E-state index in [1.165, 1.54) is 0 Å². The van der Waals surface area contributed by atoms with Gasteiger partial charge in [-0.2, -0.15) is 13.2 Å². The Kier molecular flexibility index (Phi) is 3.57. The molecule has 2 nitrogen and oxygen atoms in total. The second-order valence-corrected chi connectivity index (χ2v) is 3.75. The van der Waals surface area contributed by atoms with E-state index in [4.69, 9.17) is 5.11 Å². The molecule has 1 rings (SSSR count). The van der Waals surface area contributed by atoms with Crippen molar-refractivity contribution in [2.24, 2.45) is 0 Å². The molecule has 0 fully saturated rings. The van der Waals surface area contributed by atoms with Gasteiger partial charge in [-0.3, -0.25) is 4.79 Å². The van der Waals surface area contributed by atoms with E-state index in [1.54, 1.807) is 0 Å². The maximum absolute atomic E-state index is 13.0. The molecule has 16 heavy (non-hydrogen) atoms. The Morgan fingerprint density at radius 3 is 2.38 bits per heavy atom. The van der Waals surface area contributed by atoms with Crippen molar-refractivity contribution >= 4 is 21.9 Å². The molecule has 0 spiro atoms. The molecule has 0 aromatic heterocycles. The zero-order valence-corrected chi connectivity index (χ0v) is 9.19. The van der Waals surface area contributed by atoms with Gasteiger partial charge < -0.3 is 5.11 Å². The molecule has 0 aliphatic carbocycles. The molecule has 0 amide bonds. The number of halogens is 5. The molecule has 0 atom stereocenters.